The molecule has 44 heavy (non-hydrogen) atoms. The molecular weight excluding hydrogens is 560 g/mol. The second-order valence-corrected chi connectivity index (χ2v) is 10.7. The first kappa shape index (κ1) is 29.7. The topological polar surface area (TPSA) is 112 Å². The van der Waals surface area contributed by atoms with Crippen LogP contribution in [0.3, 0.4) is 0 Å². The quantitative estimate of drug-likeness (QED) is 0.209. The Hall–Kier alpha value is -4.32. The molecule has 10 heteroatoms. The minimum absolute atomic E-state index is 0.00223. The molecule has 1 aliphatic heterocycles. The Kier molecular flexibility index (Phi) is 9.45. The molecule has 4 atom stereocenters. The Morgan fingerprint density at radius 3 is 1.95 bits per heavy atom. The highest BCUT2D eigenvalue weighted by atomic mass is 16.6. The van der Waals surface area contributed by atoms with Crippen molar-refractivity contribution >= 4 is 17.0 Å². The van der Waals surface area contributed by atoms with Crippen molar-refractivity contribution in [3.05, 3.63) is 130 Å². The number of methoxy groups -OCH3 is 1. The number of hydrogen-bond acceptors (Lipinski definition) is 8. The summed E-state index contributed by atoms with van der Waals surface area (Å²) in [4.78, 5) is 17.8. The summed E-state index contributed by atoms with van der Waals surface area (Å²) in [5.41, 5.74) is 9.40. The third-order valence-electron chi connectivity index (χ3n) is 7.64. The van der Waals surface area contributed by atoms with E-state index in [0.29, 0.717) is 30.9 Å². The highest BCUT2D eigenvalue weighted by Gasteiger charge is 2.48. The lowest BCUT2D eigenvalue weighted by Gasteiger charge is -2.26. The van der Waals surface area contributed by atoms with Gasteiger partial charge in [0.25, 0.3) is 5.56 Å². The molecule has 2 N–H and O–H groups in total. The van der Waals surface area contributed by atoms with Crippen LogP contribution in [0.1, 0.15) is 22.9 Å². The van der Waals surface area contributed by atoms with Crippen LogP contribution in [0.5, 0.6) is 0 Å². The van der Waals surface area contributed by atoms with Crippen molar-refractivity contribution < 1.29 is 23.7 Å². The molecule has 0 saturated carbocycles. The maximum Gasteiger partial charge on any atom is 0.266 e. The minimum Gasteiger partial charge on any atom is -0.374 e. The van der Waals surface area contributed by atoms with Gasteiger partial charge in [0, 0.05) is 13.3 Å². The average molecular weight is 597 g/mol. The molecule has 0 unspecified atom stereocenters. The molecule has 0 radical (unpaired) electrons. The van der Waals surface area contributed by atoms with Crippen LogP contribution in [0.2, 0.25) is 0 Å². The number of fused-ring (bicyclic) bond motifs is 1. The fraction of sp³-hybridized carbons (Fsp3) is 0.294. The minimum atomic E-state index is -0.674. The Labute approximate surface area is 255 Å². The van der Waals surface area contributed by atoms with Gasteiger partial charge in [-0.25, -0.2) is 0 Å². The summed E-state index contributed by atoms with van der Waals surface area (Å²) in [6, 6.07) is 31.6. The highest BCUT2D eigenvalue weighted by molar-refractivity contribution is 5.76. The van der Waals surface area contributed by atoms with E-state index < -0.39 is 24.5 Å². The maximum atomic E-state index is 13.3. The number of hydrogen-bond donors (Lipinski definition) is 1. The van der Waals surface area contributed by atoms with E-state index in [2.05, 4.69) is 4.98 Å². The van der Waals surface area contributed by atoms with Crippen LogP contribution in [-0.4, -0.2) is 46.1 Å². The number of aromatic nitrogens is 3. The molecule has 3 aromatic carbocycles. The van der Waals surface area contributed by atoms with E-state index in [-0.39, 0.29) is 24.8 Å². The van der Waals surface area contributed by atoms with Crippen molar-refractivity contribution in [2.75, 3.05) is 19.5 Å². The van der Waals surface area contributed by atoms with E-state index in [1.807, 2.05) is 91.0 Å². The van der Waals surface area contributed by atoms with Gasteiger partial charge in [0.2, 0.25) is 5.95 Å². The number of anilines is 1. The lowest BCUT2D eigenvalue weighted by molar-refractivity contribution is -0.0913. The molecule has 2 aromatic heterocycles. The normalized spacial score (nSPS) is 19.9. The zero-order valence-corrected chi connectivity index (χ0v) is 24.5. The van der Waals surface area contributed by atoms with Gasteiger partial charge in [0.1, 0.15) is 25.0 Å². The number of nitrogens with two attached hydrogens (primary N) is 1. The number of nitrogens with zero attached hydrogens (tertiary/aromatic N) is 3. The van der Waals surface area contributed by atoms with Gasteiger partial charge in [0.05, 0.1) is 31.8 Å². The summed E-state index contributed by atoms with van der Waals surface area (Å²) in [6.45, 7) is 1.39. The predicted molar refractivity (Wildman–Crippen MR) is 165 cm³/mol. The molecular formula is C34H36N4O6. The van der Waals surface area contributed by atoms with Gasteiger partial charge in [-0.05, 0) is 22.8 Å². The van der Waals surface area contributed by atoms with Crippen LogP contribution < -0.4 is 11.3 Å². The summed E-state index contributed by atoms with van der Waals surface area (Å²) in [5, 5.41) is 0.396. The Morgan fingerprint density at radius 1 is 0.795 bits per heavy atom. The van der Waals surface area contributed by atoms with Crippen molar-refractivity contribution in [3.63, 3.8) is 0 Å². The zero-order valence-electron chi connectivity index (χ0n) is 24.5. The van der Waals surface area contributed by atoms with Crippen LogP contribution in [-0.2, 0) is 50.2 Å². The third-order valence-corrected chi connectivity index (χ3v) is 7.64. The first-order chi connectivity index (χ1) is 21.6. The van der Waals surface area contributed by atoms with Gasteiger partial charge in [-0.2, -0.15) is 4.98 Å². The number of benzene rings is 3. The molecule has 1 fully saturated rings. The largest absolute Gasteiger partial charge is 0.374 e. The molecule has 5 aromatic rings. The summed E-state index contributed by atoms with van der Waals surface area (Å²) in [7, 11) is 1.50. The summed E-state index contributed by atoms with van der Waals surface area (Å²) < 4.78 is 34.3. The second kappa shape index (κ2) is 14.0. The molecule has 228 valence electrons. The lowest BCUT2D eigenvalue weighted by atomic mass is 10.1. The van der Waals surface area contributed by atoms with E-state index in [1.165, 1.54) is 11.7 Å². The molecule has 0 bridgehead atoms. The summed E-state index contributed by atoms with van der Waals surface area (Å²) >= 11 is 0. The van der Waals surface area contributed by atoms with E-state index >= 15 is 0 Å². The Balaban J connectivity index is 1.34. The summed E-state index contributed by atoms with van der Waals surface area (Å²) in [5.74, 6) is 0.0451. The molecule has 10 nitrogen and oxygen atoms in total. The van der Waals surface area contributed by atoms with Crippen molar-refractivity contribution in [2.24, 2.45) is 0 Å². The monoisotopic (exact) mass is 596 g/mol. The number of rotatable bonds is 13. The smallest absolute Gasteiger partial charge is 0.266 e. The first-order valence-electron chi connectivity index (χ1n) is 14.6. The molecule has 0 aliphatic carbocycles. The molecule has 1 saturated heterocycles. The predicted octanol–water partition coefficient (Wildman–Crippen LogP) is 4.67. The maximum absolute atomic E-state index is 13.3. The molecule has 6 rings (SSSR count). The lowest BCUT2D eigenvalue weighted by Crippen LogP contribution is -2.38. The number of nitrogen functional groups attached to an aromatic ring is 1. The van der Waals surface area contributed by atoms with Gasteiger partial charge < -0.3 is 34.0 Å². The average Bonchev–Trinajstić information content (AvgIpc) is 3.63. The van der Waals surface area contributed by atoms with E-state index in [0.717, 1.165) is 16.7 Å². The van der Waals surface area contributed by atoms with E-state index in [4.69, 9.17) is 29.4 Å². The molecule has 0 amide bonds. The molecule has 1 aliphatic rings. The molecule has 3 heterocycles. The van der Waals surface area contributed by atoms with Crippen molar-refractivity contribution in [1.82, 2.24) is 14.1 Å². The first-order valence-corrected chi connectivity index (χ1v) is 14.6. The van der Waals surface area contributed by atoms with Crippen LogP contribution >= 0.6 is 0 Å². The Bertz CT molecular complexity index is 1690. The standard InChI is InChI=1S/C34H36N4O6/c1-40-23-38-32(39)27-17-18-37(31(27)36-34(38)35)33-30(43-21-26-15-9-4-10-16-26)29(42-20-25-13-7-3-8-14-25)28(44-33)22-41-19-24-11-5-2-6-12-24/h2-18,28-30,33H,19-23H2,1H3,(H2,35,36)/t28-,29-,30+,33-/m1/s1. The molecule has 0 spiro atoms. The third kappa shape index (κ3) is 6.59. The van der Waals surface area contributed by atoms with E-state index in [1.54, 1.807) is 16.8 Å². The van der Waals surface area contributed by atoms with Gasteiger partial charge >= 0.3 is 0 Å². The van der Waals surface area contributed by atoms with Crippen molar-refractivity contribution in [2.45, 2.75) is 51.1 Å². The van der Waals surface area contributed by atoms with E-state index in [9.17, 15) is 4.79 Å². The van der Waals surface area contributed by atoms with Crippen molar-refractivity contribution in [1.29, 1.82) is 0 Å². The van der Waals surface area contributed by atoms with Crippen molar-refractivity contribution in [3.8, 4) is 0 Å². The van der Waals surface area contributed by atoms with Gasteiger partial charge in [-0.15, -0.1) is 0 Å². The Morgan fingerprint density at radius 2 is 1.36 bits per heavy atom. The fourth-order valence-electron chi connectivity index (χ4n) is 5.45. The fourth-order valence-corrected chi connectivity index (χ4v) is 5.45. The van der Waals surface area contributed by atoms with Crippen LogP contribution in [0.15, 0.2) is 108 Å². The zero-order chi connectivity index (χ0) is 30.3. The highest BCUT2D eigenvalue weighted by Crippen LogP contribution is 2.37. The summed E-state index contributed by atoms with van der Waals surface area (Å²) in [6.07, 6.45) is -0.433. The van der Waals surface area contributed by atoms with Crippen LogP contribution in [0, 0.1) is 0 Å². The second-order valence-electron chi connectivity index (χ2n) is 10.7. The number of ether oxygens (including phenoxy) is 5. The van der Waals surface area contributed by atoms with Gasteiger partial charge in [-0.3, -0.25) is 9.36 Å². The van der Waals surface area contributed by atoms with Gasteiger partial charge in [-0.1, -0.05) is 91.0 Å². The van der Waals surface area contributed by atoms with Crippen LogP contribution in [0.4, 0.5) is 5.95 Å². The van der Waals surface area contributed by atoms with Crippen LogP contribution in [0.25, 0.3) is 11.0 Å². The van der Waals surface area contributed by atoms with Gasteiger partial charge in [0.15, 0.2) is 11.9 Å². The SMILES string of the molecule is COCn1c(N)nc2c(ccn2[C@@H]2O[C@H](COCc3ccccc3)[C@@H](OCc3ccccc3)[C@@H]2OCc2ccccc2)c1=O.